The van der Waals surface area contributed by atoms with Gasteiger partial charge in [0.25, 0.3) is 0 Å². The Labute approximate surface area is 147 Å². The van der Waals surface area contributed by atoms with Crippen LogP contribution in [0.2, 0.25) is 0 Å². The van der Waals surface area contributed by atoms with Crippen LogP contribution in [-0.4, -0.2) is 59.5 Å². The summed E-state index contributed by atoms with van der Waals surface area (Å²) < 4.78 is 4.94. The van der Waals surface area contributed by atoms with E-state index in [4.69, 9.17) is 4.52 Å². The molecule has 0 aromatic carbocycles. The molecule has 7 heteroatoms. The van der Waals surface area contributed by atoms with Gasteiger partial charge in [0, 0.05) is 38.2 Å². The van der Waals surface area contributed by atoms with Crippen molar-refractivity contribution in [2.24, 2.45) is 17.8 Å². The smallest absolute Gasteiger partial charge is 0.239 e. The predicted molar refractivity (Wildman–Crippen MR) is 91.8 cm³/mol. The first kappa shape index (κ1) is 16.6. The van der Waals surface area contributed by atoms with Gasteiger partial charge in [-0.05, 0) is 38.0 Å². The van der Waals surface area contributed by atoms with Gasteiger partial charge < -0.3 is 14.7 Å². The first-order valence-electron chi connectivity index (χ1n) is 9.33. The quantitative estimate of drug-likeness (QED) is 0.894. The summed E-state index contributed by atoms with van der Waals surface area (Å²) in [4.78, 5) is 29.0. The second-order valence-electron chi connectivity index (χ2n) is 7.75. The molecule has 25 heavy (non-hydrogen) atoms. The monoisotopic (exact) mass is 346 g/mol. The molecule has 2 amide bonds. The molecule has 2 saturated carbocycles. The summed E-state index contributed by atoms with van der Waals surface area (Å²) in [6.07, 6.45) is 4.92. The minimum atomic E-state index is -0.0961. The number of piperazine rings is 1. The highest BCUT2D eigenvalue weighted by atomic mass is 16.5. The fraction of sp³-hybridized carbons (Fsp3) is 0.722. The van der Waals surface area contributed by atoms with Crippen LogP contribution in [-0.2, 0) is 9.59 Å². The Morgan fingerprint density at radius 3 is 2.64 bits per heavy atom. The lowest BCUT2D eigenvalue weighted by Gasteiger charge is -2.36. The van der Waals surface area contributed by atoms with Crippen LogP contribution in [0.1, 0.15) is 31.4 Å². The maximum atomic E-state index is 12.8. The number of carbonyl (C=O) groups excluding carboxylic acids is 2. The normalized spacial score (nSPS) is 29.2. The van der Waals surface area contributed by atoms with E-state index in [0.29, 0.717) is 29.9 Å². The Morgan fingerprint density at radius 2 is 2.04 bits per heavy atom. The number of amides is 2. The van der Waals surface area contributed by atoms with Gasteiger partial charge in [0.1, 0.15) is 5.76 Å². The van der Waals surface area contributed by atoms with E-state index in [2.05, 4.69) is 15.4 Å². The van der Waals surface area contributed by atoms with Crippen molar-refractivity contribution in [3.05, 3.63) is 11.8 Å². The van der Waals surface area contributed by atoms with E-state index in [1.54, 1.807) is 13.0 Å². The largest absolute Gasteiger partial charge is 0.360 e. The molecule has 1 N–H and O–H groups in total. The van der Waals surface area contributed by atoms with E-state index in [1.165, 1.54) is 19.3 Å². The average Bonchev–Trinajstić information content (AvgIpc) is 3.32. The zero-order chi connectivity index (χ0) is 17.4. The van der Waals surface area contributed by atoms with Crippen molar-refractivity contribution in [3.8, 4) is 0 Å². The van der Waals surface area contributed by atoms with Crippen molar-refractivity contribution >= 4 is 17.6 Å². The Balaban J connectivity index is 1.23. The Bertz CT molecular complexity index is 651. The number of aryl methyl sites for hydroxylation is 1. The second-order valence-corrected chi connectivity index (χ2v) is 7.75. The molecule has 1 aromatic heterocycles. The molecular formula is C18H26N4O3. The van der Waals surface area contributed by atoms with Gasteiger partial charge in [-0.3, -0.25) is 14.5 Å². The molecule has 2 aliphatic carbocycles. The predicted octanol–water partition coefficient (Wildman–Crippen LogP) is 1.50. The summed E-state index contributed by atoms with van der Waals surface area (Å²) in [5, 5.41) is 6.51. The van der Waals surface area contributed by atoms with Crippen LogP contribution in [0.4, 0.5) is 5.82 Å². The van der Waals surface area contributed by atoms with Crippen molar-refractivity contribution in [1.82, 2.24) is 15.0 Å². The highest BCUT2D eigenvalue weighted by Gasteiger charge is 2.44. The molecule has 3 atom stereocenters. The minimum Gasteiger partial charge on any atom is -0.360 e. The van der Waals surface area contributed by atoms with Gasteiger partial charge in [-0.2, -0.15) is 0 Å². The van der Waals surface area contributed by atoms with Gasteiger partial charge in [0.05, 0.1) is 6.54 Å². The molecule has 2 bridgehead atoms. The van der Waals surface area contributed by atoms with Crippen molar-refractivity contribution in [2.45, 2.75) is 32.6 Å². The van der Waals surface area contributed by atoms with Crippen LogP contribution >= 0.6 is 0 Å². The highest BCUT2D eigenvalue weighted by molar-refractivity contribution is 5.91. The lowest BCUT2D eigenvalue weighted by atomic mass is 9.87. The van der Waals surface area contributed by atoms with Gasteiger partial charge in [-0.25, -0.2) is 0 Å². The van der Waals surface area contributed by atoms with Gasteiger partial charge >= 0.3 is 0 Å². The fourth-order valence-corrected chi connectivity index (χ4v) is 4.72. The molecule has 3 aliphatic rings. The van der Waals surface area contributed by atoms with Gasteiger partial charge in [0.2, 0.25) is 11.8 Å². The molecule has 0 radical (unpaired) electrons. The van der Waals surface area contributed by atoms with Gasteiger partial charge in [-0.15, -0.1) is 0 Å². The van der Waals surface area contributed by atoms with Gasteiger partial charge in [-0.1, -0.05) is 11.6 Å². The summed E-state index contributed by atoms with van der Waals surface area (Å²) in [5.41, 5.74) is 0. The lowest BCUT2D eigenvalue weighted by molar-refractivity contribution is -0.139. The maximum absolute atomic E-state index is 12.8. The Kier molecular flexibility index (Phi) is 4.50. The summed E-state index contributed by atoms with van der Waals surface area (Å²) in [5.74, 6) is 3.08. The number of anilines is 1. The standard InChI is InChI=1S/C18H26N4O3/c1-12-8-16(20-25-12)19-17(23)11-21-4-6-22(7-5-21)18(24)15-10-13-2-3-14(15)9-13/h8,13-15H,2-7,9-11H2,1H3,(H,19,20,23). The van der Waals surface area contributed by atoms with E-state index >= 15 is 0 Å². The molecule has 1 aromatic rings. The van der Waals surface area contributed by atoms with Crippen LogP contribution in [0.3, 0.4) is 0 Å². The molecule has 3 fully saturated rings. The zero-order valence-corrected chi connectivity index (χ0v) is 14.7. The topological polar surface area (TPSA) is 78.7 Å². The molecule has 3 unspecified atom stereocenters. The molecule has 1 saturated heterocycles. The number of carbonyl (C=O) groups is 2. The van der Waals surface area contributed by atoms with Crippen LogP contribution in [0.25, 0.3) is 0 Å². The SMILES string of the molecule is Cc1cc(NC(=O)CN2CCN(C(=O)C3CC4CCC3C4)CC2)no1. The average molecular weight is 346 g/mol. The van der Waals surface area contributed by atoms with Gasteiger partial charge in [0.15, 0.2) is 5.82 Å². The van der Waals surface area contributed by atoms with Crippen molar-refractivity contribution in [2.75, 3.05) is 38.0 Å². The lowest BCUT2D eigenvalue weighted by Crippen LogP contribution is -2.52. The first-order valence-corrected chi connectivity index (χ1v) is 9.33. The van der Waals surface area contributed by atoms with Crippen molar-refractivity contribution in [1.29, 1.82) is 0 Å². The van der Waals surface area contributed by atoms with Crippen LogP contribution in [0.5, 0.6) is 0 Å². The first-order chi connectivity index (χ1) is 12.1. The van der Waals surface area contributed by atoms with E-state index < -0.39 is 0 Å². The van der Waals surface area contributed by atoms with Crippen molar-refractivity contribution in [3.63, 3.8) is 0 Å². The summed E-state index contributed by atoms with van der Waals surface area (Å²) in [6, 6.07) is 1.70. The molecule has 2 heterocycles. The summed E-state index contributed by atoms with van der Waals surface area (Å²) >= 11 is 0. The summed E-state index contributed by atoms with van der Waals surface area (Å²) in [6.45, 7) is 5.05. The van der Waals surface area contributed by atoms with E-state index in [9.17, 15) is 9.59 Å². The van der Waals surface area contributed by atoms with Crippen LogP contribution in [0, 0.1) is 24.7 Å². The molecule has 136 valence electrons. The Hall–Kier alpha value is -1.89. The number of hydrogen-bond acceptors (Lipinski definition) is 5. The van der Waals surface area contributed by atoms with E-state index in [-0.39, 0.29) is 11.8 Å². The maximum Gasteiger partial charge on any atom is 0.239 e. The molecule has 0 spiro atoms. The number of rotatable bonds is 4. The Morgan fingerprint density at radius 1 is 1.24 bits per heavy atom. The third kappa shape index (κ3) is 3.56. The second kappa shape index (κ2) is 6.78. The minimum absolute atomic E-state index is 0.0961. The number of nitrogens with zero attached hydrogens (tertiary/aromatic N) is 3. The third-order valence-electron chi connectivity index (χ3n) is 6.00. The number of nitrogens with one attached hydrogen (secondary N) is 1. The van der Waals surface area contributed by atoms with E-state index in [0.717, 1.165) is 38.5 Å². The molecule has 4 rings (SSSR count). The summed E-state index contributed by atoms with van der Waals surface area (Å²) in [7, 11) is 0. The van der Waals surface area contributed by atoms with Crippen molar-refractivity contribution < 1.29 is 14.1 Å². The van der Waals surface area contributed by atoms with Crippen LogP contribution < -0.4 is 5.32 Å². The zero-order valence-electron chi connectivity index (χ0n) is 14.7. The number of aromatic nitrogens is 1. The fourth-order valence-electron chi connectivity index (χ4n) is 4.72. The van der Waals surface area contributed by atoms with E-state index in [1.807, 2.05) is 4.90 Å². The highest BCUT2D eigenvalue weighted by Crippen LogP contribution is 2.48. The number of hydrogen-bond donors (Lipinski definition) is 1. The molecule has 7 nitrogen and oxygen atoms in total. The molecule has 1 aliphatic heterocycles. The number of fused-ring (bicyclic) bond motifs is 2. The molecular weight excluding hydrogens is 320 g/mol. The van der Waals surface area contributed by atoms with Crippen LogP contribution in [0.15, 0.2) is 10.6 Å². The third-order valence-corrected chi connectivity index (χ3v) is 6.00.